The van der Waals surface area contributed by atoms with Crippen LogP contribution >= 0.6 is 0 Å². The first-order valence-corrected chi connectivity index (χ1v) is 9.77. The number of rotatable bonds is 6. The molecule has 0 saturated carbocycles. The van der Waals surface area contributed by atoms with Crippen LogP contribution < -0.4 is 4.72 Å². The van der Waals surface area contributed by atoms with Crippen LogP contribution in [0.25, 0.3) is 10.8 Å². The van der Waals surface area contributed by atoms with Crippen LogP contribution in [0.2, 0.25) is 0 Å². The monoisotopic (exact) mass is 349 g/mol. The van der Waals surface area contributed by atoms with Crippen molar-refractivity contribution in [3.8, 4) is 0 Å². The Balaban J connectivity index is 1.67. The predicted octanol–water partition coefficient (Wildman–Crippen LogP) is 1.36. The van der Waals surface area contributed by atoms with E-state index in [9.17, 15) is 13.5 Å². The molecule has 2 aromatic rings. The third kappa shape index (κ3) is 4.10. The standard InChI is InChI=1S/C17H23N3O3S/c21-15(13-20-9-2-1-3-10-20)12-19-24(22,23)17-6-4-5-14-11-18-8-7-16(14)17/h4-8,11,15,19,21H,1-3,9-10,12-13H2/t15-/m0/s1. The van der Waals surface area contributed by atoms with Gasteiger partial charge in [-0.05, 0) is 38.1 Å². The van der Waals surface area contributed by atoms with Crippen molar-refractivity contribution in [2.45, 2.75) is 30.3 Å². The SMILES string of the molecule is O=S(=O)(NC[C@H](O)CN1CCCCC1)c1cccc2cnccc12. The van der Waals surface area contributed by atoms with Gasteiger partial charge >= 0.3 is 0 Å². The lowest BCUT2D eigenvalue weighted by molar-refractivity contribution is 0.104. The zero-order valence-corrected chi connectivity index (χ0v) is 14.4. The summed E-state index contributed by atoms with van der Waals surface area (Å²) >= 11 is 0. The molecule has 2 N–H and O–H groups in total. The van der Waals surface area contributed by atoms with E-state index in [1.54, 1.807) is 30.6 Å². The van der Waals surface area contributed by atoms with Gasteiger partial charge in [0, 0.05) is 36.3 Å². The molecule has 1 fully saturated rings. The van der Waals surface area contributed by atoms with Gasteiger partial charge in [-0.3, -0.25) is 4.98 Å². The number of nitrogens with one attached hydrogen (secondary N) is 1. The van der Waals surface area contributed by atoms with Crippen LogP contribution in [0.15, 0.2) is 41.6 Å². The van der Waals surface area contributed by atoms with E-state index in [4.69, 9.17) is 0 Å². The second kappa shape index (κ2) is 7.57. The van der Waals surface area contributed by atoms with E-state index >= 15 is 0 Å². The summed E-state index contributed by atoms with van der Waals surface area (Å²) in [6, 6.07) is 6.78. The smallest absolute Gasteiger partial charge is 0.241 e. The Morgan fingerprint density at radius 3 is 2.79 bits per heavy atom. The maximum Gasteiger partial charge on any atom is 0.241 e. The molecule has 1 atom stereocenters. The first-order chi connectivity index (χ1) is 11.6. The summed E-state index contributed by atoms with van der Waals surface area (Å²) in [5.74, 6) is 0. The highest BCUT2D eigenvalue weighted by molar-refractivity contribution is 7.89. The van der Waals surface area contributed by atoms with Crippen LogP contribution in [0.4, 0.5) is 0 Å². The van der Waals surface area contributed by atoms with Crippen LogP contribution in [0.5, 0.6) is 0 Å². The molecule has 0 bridgehead atoms. The number of benzene rings is 1. The number of piperidine rings is 1. The van der Waals surface area contributed by atoms with Gasteiger partial charge in [-0.15, -0.1) is 0 Å². The summed E-state index contributed by atoms with van der Waals surface area (Å²) < 4.78 is 27.7. The van der Waals surface area contributed by atoms with Gasteiger partial charge in [0.15, 0.2) is 0 Å². The van der Waals surface area contributed by atoms with E-state index in [-0.39, 0.29) is 11.4 Å². The number of β-amino-alcohol motifs (C(OH)–C–C–N with tert-alkyl or cyclic N) is 1. The first-order valence-electron chi connectivity index (χ1n) is 8.29. The number of pyridine rings is 1. The number of fused-ring (bicyclic) bond motifs is 1. The summed E-state index contributed by atoms with van der Waals surface area (Å²) in [4.78, 5) is 6.42. The van der Waals surface area contributed by atoms with Gasteiger partial charge in [-0.1, -0.05) is 18.6 Å². The Morgan fingerprint density at radius 1 is 1.21 bits per heavy atom. The number of sulfonamides is 1. The summed E-state index contributed by atoms with van der Waals surface area (Å²) in [5.41, 5.74) is 0. The largest absolute Gasteiger partial charge is 0.390 e. The number of aliphatic hydroxyl groups is 1. The fourth-order valence-electron chi connectivity index (χ4n) is 3.12. The van der Waals surface area contributed by atoms with Crippen LogP contribution in [0.3, 0.4) is 0 Å². The van der Waals surface area contributed by atoms with Crippen molar-refractivity contribution in [3.05, 3.63) is 36.7 Å². The highest BCUT2D eigenvalue weighted by Crippen LogP contribution is 2.21. The van der Waals surface area contributed by atoms with E-state index in [2.05, 4.69) is 14.6 Å². The molecule has 0 spiro atoms. The molecule has 7 heteroatoms. The number of aliphatic hydroxyl groups excluding tert-OH is 1. The minimum atomic E-state index is -3.68. The van der Waals surface area contributed by atoms with Crippen molar-refractivity contribution < 1.29 is 13.5 Å². The quantitative estimate of drug-likeness (QED) is 0.823. The van der Waals surface area contributed by atoms with Gasteiger partial charge in [0.1, 0.15) is 0 Å². The summed E-state index contributed by atoms with van der Waals surface area (Å²) in [7, 11) is -3.68. The Bertz CT molecular complexity index is 783. The summed E-state index contributed by atoms with van der Waals surface area (Å²) in [6.07, 6.45) is 6.02. The van der Waals surface area contributed by atoms with Gasteiger partial charge in [-0.25, -0.2) is 13.1 Å². The first kappa shape index (κ1) is 17.3. The molecule has 6 nitrogen and oxygen atoms in total. The fraction of sp³-hybridized carbons (Fsp3) is 0.471. The van der Waals surface area contributed by atoms with Crippen molar-refractivity contribution in [2.24, 2.45) is 0 Å². The lowest BCUT2D eigenvalue weighted by Crippen LogP contribution is -2.42. The molecule has 1 aliphatic rings. The summed E-state index contributed by atoms with van der Waals surface area (Å²) in [5, 5.41) is 11.5. The van der Waals surface area contributed by atoms with E-state index < -0.39 is 16.1 Å². The highest BCUT2D eigenvalue weighted by Gasteiger charge is 2.20. The van der Waals surface area contributed by atoms with Crippen LogP contribution in [0.1, 0.15) is 19.3 Å². The van der Waals surface area contributed by atoms with E-state index in [0.717, 1.165) is 31.3 Å². The second-order valence-corrected chi connectivity index (χ2v) is 7.96. The molecular formula is C17H23N3O3S. The number of hydrogen-bond donors (Lipinski definition) is 2. The van der Waals surface area contributed by atoms with Crippen LogP contribution in [0, 0.1) is 0 Å². The molecule has 1 aliphatic heterocycles. The predicted molar refractivity (Wildman–Crippen MR) is 93.2 cm³/mol. The number of hydrogen-bond acceptors (Lipinski definition) is 5. The van der Waals surface area contributed by atoms with Gasteiger partial charge in [0.2, 0.25) is 10.0 Å². The Kier molecular flexibility index (Phi) is 5.45. The van der Waals surface area contributed by atoms with E-state index in [1.165, 1.54) is 6.42 Å². The lowest BCUT2D eigenvalue weighted by atomic mass is 10.1. The van der Waals surface area contributed by atoms with Gasteiger partial charge in [0.05, 0.1) is 11.0 Å². The second-order valence-electron chi connectivity index (χ2n) is 6.22. The molecule has 0 radical (unpaired) electrons. The molecule has 1 aromatic carbocycles. The number of aromatic nitrogens is 1. The topological polar surface area (TPSA) is 82.5 Å². The fourth-order valence-corrected chi connectivity index (χ4v) is 4.42. The molecule has 1 aromatic heterocycles. The summed E-state index contributed by atoms with van der Waals surface area (Å²) in [6.45, 7) is 2.46. The molecule has 1 saturated heterocycles. The molecule has 130 valence electrons. The van der Waals surface area contributed by atoms with E-state index in [0.29, 0.717) is 11.9 Å². The zero-order valence-electron chi connectivity index (χ0n) is 13.6. The average molecular weight is 349 g/mol. The van der Waals surface area contributed by atoms with Gasteiger partial charge < -0.3 is 10.0 Å². The molecule has 0 unspecified atom stereocenters. The highest BCUT2D eigenvalue weighted by atomic mass is 32.2. The third-order valence-electron chi connectivity index (χ3n) is 4.36. The van der Waals surface area contributed by atoms with Crippen LogP contribution in [-0.2, 0) is 10.0 Å². The van der Waals surface area contributed by atoms with Crippen LogP contribution in [-0.4, -0.2) is 55.7 Å². The maximum atomic E-state index is 12.6. The lowest BCUT2D eigenvalue weighted by Gasteiger charge is -2.28. The Morgan fingerprint density at radius 2 is 2.00 bits per heavy atom. The molecule has 2 heterocycles. The maximum absolute atomic E-state index is 12.6. The molecule has 3 rings (SSSR count). The molecular weight excluding hydrogens is 326 g/mol. The average Bonchev–Trinajstić information content (AvgIpc) is 2.60. The van der Waals surface area contributed by atoms with Crippen molar-refractivity contribution in [1.29, 1.82) is 0 Å². The van der Waals surface area contributed by atoms with Gasteiger partial charge in [-0.2, -0.15) is 0 Å². The van der Waals surface area contributed by atoms with Crippen molar-refractivity contribution >= 4 is 20.8 Å². The van der Waals surface area contributed by atoms with Crippen molar-refractivity contribution in [1.82, 2.24) is 14.6 Å². The Hall–Kier alpha value is -1.54. The molecule has 0 amide bonds. The third-order valence-corrected chi connectivity index (χ3v) is 5.84. The van der Waals surface area contributed by atoms with Gasteiger partial charge in [0.25, 0.3) is 0 Å². The molecule has 0 aliphatic carbocycles. The molecule has 24 heavy (non-hydrogen) atoms. The number of likely N-dealkylation sites (tertiary alicyclic amines) is 1. The number of nitrogens with zero attached hydrogens (tertiary/aromatic N) is 2. The normalized spacial score (nSPS) is 17.9. The zero-order chi connectivity index (χ0) is 17.0. The van der Waals surface area contributed by atoms with E-state index in [1.807, 2.05) is 6.07 Å². The van der Waals surface area contributed by atoms with Crippen molar-refractivity contribution in [2.75, 3.05) is 26.2 Å². The Labute approximate surface area is 142 Å². The minimum Gasteiger partial charge on any atom is -0.390 e. The minimum absolute atomic E-state index is 0.0142. The van der Waals surface area contributed by atoms with Crippen molar-refractivity contribution in [3.63, 3.8) is 0 Å².